The molecule has 116 valence electrons. The van der Waals surface area contributed by atoms with E-state index in [1.54, 1.807) is 48.5 Å². The molecule has 0 spiro atoms. The van der Waals surface area contributed by atoms with Gasteiger partial charge in [-0.25, -0.2) is 0 Å². The van der Waals surface area contributed by atoms with Crippen LogP contribution < -0.4 is 5.32 Å². The third-order valence-corrected chi connectivity index (χ3v) is 3.54. The van der Waals surface area contributed by atoms with Crippen LogP contribution in [0.2, 0.25) is 5.02 Å². The first-order chi connectivity index (χ1) is 10.5. The van der Waals surface area contributed by atoms with Gasteiger partial charge in [0.2, 0.25) is 5.91 Å². The number of phenolic OH excluding ortho intramolecular Hbond substituents is 1. The molecule has 0 radical (unpaired) electrons. The number of amides is 1. The summed E-state index contributed by atoms with van der Waals surface area (Å²) in [5, 5.41) is 22.5. The van der Waals surface area contributed by atoms with E-state index in [2.05, 4.69) is 5.32 Å². The molecule has 5 heteroatoms. The SMILES string of the molecule is O=C(CCc1ccc(O)cc1)NC[C@@H](O)c1cccc(Cl)c1. The molecule has 4 nitrogen and oxygen atoms in total. The lowest BCUT2D eigenvalue weighted by molar-refractivity contribution is -0.121. The minimum atomic E-state index is -0.781. The summed E-state index contributed by atoms with van der Waals surface area (Å²) in [7, 11) is 0. The third kappa shape index (κ3) is 5.06. The van der Waals surface area contributed by atoms with Crippen molar-refractivity contribution in [3.63, 3.8) is 0 Å². The van der Waals surface area contributed by atoms with E-state index >= 15 is 0 Å². The first-order valence-electron chi connectivity index (χ1n) is 7.03. The standard InChI is InChI=1S/C17H18ClNO3/c18-14-3-1-2-13(10-14)16(21)11-19-17(22)9-6-12-4-7-15(20)8-5-12/h1-5,7-8,10,16,20-21H,6,9,11H2,(H,19,22)/t16-/m1/s1. The summed E-state index contributed by atoms with van der Waals surface area (Å²) in [4.78, 5) is 11.8. The zero-order valence-corrected chi connectivity index (χ0v) is 12.8. The Morgan fingerprint density at radius 3 is 2.59 bits per heavy atom. The fourth-order valence-corrected chi connectivity index (χ4v) is 2.25. The molecular weight excluding hydrogens is 302 g/mol. The van der Waals surface area contributed by atoms with Crippen molar-refractivity contribution in [2.45, 2.75) is 18.9 Å². The van der Waals surface area contributed by atoms with Gasteiger partial charge in [-0.3, -0.25) is 4.79 Å². The first kappa shape index (κ1) is 16.3. The van der Waals surface area contributed by atoms with Crippen LogP contribution in [0.3, 0.4) is 0 Å². The van der Waals surface area contributed by atoms with Crippen molar-refractivity contribution in [3.05, 3.63) is 64.7 Å². The van der Waals surface area contributed by atoms with Gasteiger partial charge < -0.3 is 15.5 Å². The molecule has 0 saturated carbocycles. The predicted molar refractivity (Wildman–Crippen MR) is 85.8 cm³/mol. The lowest BCUT2D eigenvalue weighted by Gasteiger charge is -2.12. The van der Waals surface area contributed by atoms with Gasteiger partial charge >= 0.3 is 0 Å². The molecule has 22 heavy (non-hydrogen) atoms. The monoisotopic (exact) mass is 319 g/mol. The highest BCUT2D eigenvalue weighted by Gasteiger charge is 2.10. The Labute approximate surface area is 134 Å². The summed E-state index contributed by atoms with van der Waals surface area (Å²) in [6.07, 6.45) is 0.128. The van der Waals surface area contributed by atoms with Crippen LogP contribution in [-0.4, -0.2) is 22.7 Å². The second-order valence-electron chi connectivity index (χ2n) is 5.04. The number of aliphatic hydroxyl groups is 1. The number of phenols is 1. The molecule has 0 aliphatic carbocycles. The van der Waals surface area contributed by atoms with Crippen LogP contribution in [0.1, 0.15) is 23.7 Å². The molecule has 0 fully saturated rings. The van der Waals surface area contributed by atoms with Crippen molar-refractivity contribution in [3.8, 4) is 5.75 Å². The van der Waals surface area contributed by atoms with Gasteiger partial charge in [-0.2, -0.15) is 0 Å². The molecule has 0 unspecified atom stereocenters. The maximum absolute atomic E-state index is 11.8. The number of halogens is 1. The highest BCUT2D eigenvalue weighted by molar-refractivity contribution is 6.30. The van der Waals surface area contributed by atoms with Crippen molar-refractivity contribution < 1.29 is 15.0 Å². The van der Waals surface area contributed by atoms with E-state index in [1.165, 1.54) is 0 Å². The minimum Gasteiger partial charge on any atom is -0.508 e. The molecule has 2 aromatic carbocycles. The number of aliphatic hydroxyl groups excluding tert-OH is 1. The Bertz CT molecular complexity index is 628. The molecule has 2 aromatic rings. The molecule has 1 atom stereocenters. The molecule has 1 amide bonds. The smallest absolute Gasteiger partial charge is 0.220 e. The summed E-state index contributed by atoms with van der Waals surface area (Å²) in [6.45, 7) is 0.148. The molecule has 0 aromatic heterocycles. The lowest BCUT2D eigenvalue weighted by Crippen LogP contribution is -2.28. The average Bonchev–Trinajstić information content (AvgIpc) is 2.52. The number of hydrogen-bond acceptors (Lipinski definition) is 3. The molecule has 0 aliphatic rings. The number of hydrogen-bond donors (Lipinski definition) is 3. The molecule has 0 saturated heterocycles. The normalized spacial score (nSPS) is 11.9. The van der Waals surface area contributed by atoms with Crippen molar-refractivity contribution in [1.29, 1.82) is 0 Å². The molecule has 3 N–H and O–H groups in total. The van der Waals surface area contributed by atoms with E-state index in [0.717, 1.165) is 5.56 Å². The van der Waals surface area contributed by atoms with Gasteiger partial charge in [0, 0.05) is 18.0 Å². The Balaban J connectivity index is 1.76. The number of benzene rings is 2. The van der Waals surface area contributed by atoms with Crippen molar-refractivity contribution >= 4 is 17.5 Å². The lowest BCUT2D eigenvalue weighted by atomic mass is 10.1. The van der Waals surface area contributed by atoms with Crippen LogP contribution in [-0.2, 0) is 11.2 Å². The van der Waals surface area contributed by atoms with Gasteiger partial charge in [0.1, 0.15) is 5.75 Å². The Morgan fingerprint density at radius 1 is 1.18 bits per heavy atom. The third-order valence-electron chi connectivity index (χ3n) is 3.30. The maximum atomic E-state index is 11.8. The maximum Gasteiger partial charge on any atom is 0.220 e. The zero-order valence-electron chi connectivity index (χ0n) is 12.0. The van der Waals surface area contributed by atoms with Gasteiger partial charge in [-0.05, 0) is 41.8 Å². The van der Waals surface area contributed by atoms with Crippen LogP contribution >= 0.6 is 11.6 Å². The largest absolute Gasteiger partial charge is 0.508 e. The summed E-state index contributed by atoms with van der Waals surface area (Å²) < 4.78 is 0. The topological polar surface area (TPSA) is 69.6 Å². The number of nitrogens with one attached hydrogen (secondary N) is 1. The summed E-state index contributed by atoms with van der Waals surface area (Å²) >= 11 is 5.86. The number of carbonyl (C=O) groups excluding carboxylic acids is 1. The Kier molecular flexibility index (Phi) is 5.81. The minimum absolute atomic E-state index is 0.130. The van der Waals surface area contributed by atoms with Crippen LogP contribution in [0, 0.1) is 0 Å². The number of aryl methyl sites for hydroxylation is 1. The fraction of sp³-hybridized carbons (Fsp3) is 0.235. The van der Waals surface area contributed by atoms with Crippen molar-refractivity contribution in [1.82, 2.24) is 5.32 Å². The second-order valence-corrected chi connectivity index (χ2v) is 5.48. The van der Waals surface area contributed by atoms with Gasteiger partial charge in [0.05, 0.1) is 6.10 Å². The van der Waals surface area contributed by atoms with E-state index < -0.39 is 6.10 Å². The van der Waals surface area contributed by atoms with Crippen molar-refractivity contribution in [2.24, 2.45) is 0 Å². The highest BCUT2D eigenvalue weighted by atomic mass is 35.5. The Morgan fingerprint density at radius 2 is 1.91 bits per heavy atom. The van der Waals surface area contributed by atoms with E-state index in [4.69, 9.17) is 11.6 Å². The van der Waals surface area contributed by atoms with E-state index in [1.807, 2.05) is 0 Å². The van der Waals surface area contributed by atoms with Crippen molar-refractivity contribution in [2.75, 3.05) is 6.54 Å². The first-order valence-corrected chi connectivity index (χ1v) is 7.40. The molecule has 2 rings (SSSR count). The molecule has 0 bridgehead atoms. The van der Waals surface area contributed by atoms with Crippen LogP contribution in [0.15, 0.2) is 48.5 Å². The van der Waals surface area contributed by atoms with E-state index in [0.29, 0.717) is 23.4 Å². The highest BCUT2D eigenvalue weighted by Crippen LogP contribution is 2.17. The quantitative estimate of drug-likeness (QED) is 0.767. The average molecular weight is 320 g/mol. The zero-order chi connectivity index (χ0) is 15.9. The fourth-order valence-electron chi connectivity index (χ4n) is 2.05. The number of rotatable bonds is 6. The summed E-state index contributed by atoms with van der Waals surface area (Å²) in [5.74, 6) is 0.0759. The predicted octanol–water partition coefficient (Wildman–Crippen LogP) is 2.83. The number of carbonyl (C=O) groups is 1. The van der Waals surface area contributed by atoms with Gasteiger partial charge in [0.25, 0.3) is 0 Å². The molecule has 0 heterocycles. The molecule has 0 aliphatic heterocycles. The van der Waals surface area contributed by atoms with E-state index in [9.17, 15) is 15.0 Å². The van der Waals surface area contributed by atoms with Crippen LogP contribution in [0.25, 0.3) is 0 Å². The van der Waals surface area contributed by atoms with Crippen LogP contribution in [0.4, 0.5) is 0 Å². The Hall–Kier alpha value is -2.04. The van der Waals surface area contributed by atoms with E-state index in [-0.39, 0.29) is 18.2 Å². The molecular formula is C17H18ClNO3. The van der Waals surface area contributed by atoms with Gasteiger partial charge in [-0.1, -0.05) is 35.9 Å². The second kappa shape index (κ2) is 7.82. The number of aromatic hydroxyl groups is 1. The summed E-state index contributed by atoms with van der Waals surface area (Å²) in [5.41, 5.74) is 1.65. The van der Waals surface area contributed by atoms with Gasteiger partial charge in [0.15, 0.2) is 0 Å². The summed E-state index contributed by atoms with van der Waals surface area (Å²) in [6, 6.07) is 13.7. The van der Waals surface area contributed by atoms with Gasteiger partial charge in [-0.15, -0.1) is 0 Å². The van der Waals surface area contributed by atoms with Crippen LogP contribution in [0.5, 0.6) is 5.75 Å².